The van der Waals surface area contributed by atoms with Crippen molar-refractivity contribution in [3.05, 3.63) is 51.6 Å². The Morgan fingerprint density at radius 1 is 1.00 bits per heavy atom. The van der Waals surface area contributed by atoms with Gasteiger partial charge in [-0.05, 0) is 63.9 Å². The van der Waals surface area contributed by atoms with Crippen LogP contribution in [0.1, 0.15) is 26.3 Å². The first-order valence-electron chi connectivity index (χ1n) is 6.20. The molecule has 1 nitrogen and oxygen atoms in total. The molecule has 2 aromatic rings. The first kappa shape index (κ1) is 14.7. The predicted octanol–water partition coefficient (Wildman–Crippen LogP) is 5.32. The summed E-state index contributed by atoms with van der Waals surface area (Å²) in [5.41, 5.74) is 8.44. The highest BCUT2D eigenvalue weighted by molar-refractivity contribution is 14.1. The van der Waals surface area contributed by atoms with E-state index in [0.29, 0.717) is 0 Å². The maximum atomic E-state index is 6.04. The van der Waals surface area contributed by atoms with Crippen LogP contribution in [0.5, 0.6) is 0 Å². The lowest BCUT2D eigenvalue weighted by Crippen LogP contribution is -2.10. The van der Waals surface area contributed by atoms with Crippen LogP contribution < -0.4 is 5.73 Å². The monoisotopic (exact) mass is 383 g/mol. The van der Waals surface area contributed by atoms with E-state index >= 15 is 0 Å². The van der Waals surface area contributed by atoms with Crippen molar-refractivity contribution >= 4 is 40.0 Å². The molecule has 0 saturated carbocycles. The van der Waals surface area contributed by atoms with E-state index in [1.807, 2.05) is 6.07 Å². The van der Waals surface area contributed by atoms with Gasteiger partial charge in [0.05, 0.1) is 0 Å². The Kier molecular flexibility index (Phi) is 4.46. The average Bonchev–Trinajstić information content (AvgIpc) is 2.32. The van der Waals surface area contributed by atoms with Crippen molar-refractivity contribution in [2.45, 2.75) is 36.0 Å². The maximum Gasteiger partial charge on any atom is 0.0466 e. The van der Waals surface area contributed by atoms with E-state index in [1.165, 1.54) is 14.0 Å². The highest BCUT2D eigenvalue weighted by atomic mass is 127. The van der Waals surface area contributed by atoms with Crippen molar-refractivity contribution in [3.8, 4) is 0 Å². The van der Waals surface area contributed by atoms with E-state index in [9.17, 15) is 0 Å². The normalized spacial score (nSPS) is 11.6. The molecule has 0 aliphatic heterocycles. The third kappa shape index (κ3) is 3.89. The molecule has 0 aromatic heterocycles. The smallest absolute Gasteiger partial charge is 0.0466 e. The molecular weight excluding hydrogens is 365 g/mol. The fourth-order valence-electron chi connectivity index (χ4n) is 1.76. The van der Waals surface area contributed by atoms with E-state index in [-0.39, 0.29) is 5.41 Å². The molecule has 2 rings (SSSR count). The molecule has 2 N–H and O–H groups in total. The van der Waals surface area contributed by atoms with Crippen LogP contribution in [0, 0.1) is 3.57 Å². The molecule has 0 saturated heterocycles. The molecule has 19 heavy (non-hydrogen) atoms. The number of hydrogen-bond acceptors (Lipinski definition) is 2. The molecular formula is C16H18INS. The fraction of sp³-hybridized carbons (Fsp3) is 0.250. The van der Waals surface area contributed by atoms with Gasteiger partial charge >= 0.3 is 0 Å². The zero-order valence-electron chi connectivity index (χ0n) is 11.4. The molecule has 0 unspecified atom stereocenters. The SMILES string of the molecule is CC(C)(C)c1ccc(Sc2ccc(I)cc2N)cc1. The molecule has 0 aliphatic carbocycles. The van der Waals surface area contributed by atoms with Crippen molar-refractivity contribution in [1.29, 1.82) is 0 Å². The largest absolute Gasteiger partial charge is 0.398 e. The number of nitrogen functional groups attached to an aromatic ring is 1. The Bertz CT molecular complexity index is 570. The molecule has 100 valence electrons. The minimum absolute atomic E-state index is 0.199. The van der Waals surface area contributed by atoms with Crippen LogP contribution in [0.25, 0.3) is 0 Å². The van der Waals surface area contributed by atoms with Crippen LogP contribution >= 0.6 is 34.4 Å². The summed E-state index contributed by atoms with van der Waals surface area (Å²) in [6.45, 7) is 6.69. The van der Waals surface area contributed by atoms with E-state index in [0.717, 1.165) is 10.6 Å². The molecule has 0 atom stereocenters. The van der Waals surface area contributed by atoms with Crippen molar-refractivity contribution in [2.24, 2.45) is 0 Å². The second-order valence-electron chi connectivity index (χ2n) is 5.56. The van der Waals surface area contributed by atoms with E-state index in [2.05, 4.69) is 79.8 Å². The van der Waals surface area contributed by atoms with Gasteiger partial charge in [0.2, 0.25) is 0 Å². The lowest BCUT2D eigenvalue weighted by molar-refractivity contribution is 0.590. The van der Waals surface area contributed by atoms with Gasteiger partial charge in [0, 0.05) is 19.0 Å². The predicted molar refractivity (Wildman–Crippen MR) is 92.8 cm³/mol. The summed E-state index contributed by atoms with van der Waals surface area (Å²) in [6, 6.07) is 14.9. The van der Waals surface area contributed by atoms with Gasteiger partial charge in [-0.15, -0.1) is 0 Å². The lowest BCUT2D eigenvalue weighted by atomic mass is 9.87. The minimum atomic E-state index is 0.199. The summed E-state index contributed by atoms with van der Waals surface area (Å²) in [7, 11) is 0. The van der Waals surface area contributed by atoms with Gasteiger partial charge in [0.1, 0.15) is 0 Å². The molecule has 0 amide bonds. The van der Waals surface area contributed by atoms with Gasteiger partial charge in [-0.25, -0.2) is 0 Å². The van der Waals surface area contributed by atoms with Crippen LogP contribution in [0.3, 0.4) is 0 Å². The molecule has 3 heteroatoms. The van der Waals surface area contributed by atoms with E-state index in [4.69, 9.17) is 5.73 Å². The molecule has 0 radical (unpaired) electrons. The van der Waals surface area contributed by atoms with Gasteiger partial charge in [0.25, 0.3) is 0 Å². The summed E-state index contributed by atoms with van der Waals surface area (Å²) in [5, 5.41) is 0. The summed E-state index contributed by atoms with van der Waals surface area (Å²) in [4.78, 5) is 2.34. The summed E-state index contributed by atoms with van der Waals surface area (Å²) in [5.74, 6) is 0. The zero-order chi connectivity index (χ0) is 14.0. The second kappa shape index (κ2) is 5.75. The Morgan fingerprint density at radius 3 is 2.16 bits per heavy atom. The highest BCUT2D eigenvalue weighted by Gasteiger charge is 2.13. The Labute approximate surface area is 133 Å². The minimum Gasteiger partial charge on any atom is -0.398 e. The first-order chi connectivity index (χ1) is 8.86. The summed E-state index contributed by atoms with van der Waals surface area (Å²) < 4.78 is 1.17. The summed E-state index contributed by atoms with van der Waals surface area (Å²) >= 11 is 3.99. The van der Waals surface area contributed by atoms with Gasteiger partial charge in [-0.1, -0.05) is 44.7 Å². The Balaban J connectivity index is 2.20. The number of nitrogens with two attached hydrogens (primary N) is 1. The third-order valence-corrected chi connectivity index (χ3v) is 4.69. The van der Waals surface area contributed by atoms with Crippen molar-refractivity contribution < 1.29 is 0 Å². The second-order valence-corrected chi connectivity index (χ2v) is 7.92. The average molecular weight is 383 g/mol. The molecule has 0 heterocycles. The molecule has 0 fully saturated rings. The van der Waals surface area contributed by atoms with Crippen LogP contribution in [-0.4, -0.2) is 0 Å². The number of rotatable bonds is 2. The standard InChI is InChI=1S/C16H18INS/c1-16(2,3)11-4-7-13(8-5-11)19-15-9-6-12(17)10-14(15)18/h4-10H,18H2,1-3H3. The van der Waals surface area contributed by atoms with Gasteiger partial charge in [0.15, 0.2) is 0 Å². The van der Waals surface area contributed by atoms with Gasteiger partial charge in [-0.3, -0.25) is 0 Å². The fourth-order valence-corrected chi connectivity index (χ4v) is 3.12. The zero-order valence-corrected chi connectivity index (χ0v) is 14.4. The lowest BCUT2D eigenvalue weighted by Gasteiger charge is -2.19. The Morgan fingerprint density at radius 2 is 1.63 bits per heavy atom. The molecule has 0 spiro atoms. The van der Waals surface area contributed by atoms with Crippen molar-refractivity contribution in [1.82, 2.24) is 0 Å². The first-order valence-corrected chi connectivity index (χ1v) is 8.09. The van der Waals surface area contributed by atoms with Crippen molar-refractivity contribution in [2.75, 3.05) is 5.73 Å². The van der Waals surface area contributed by atoms with Crippen molar-refractivity contribution in [3.63, 3.8) is 0 Å². The van der Waals surface area contributed by atoms with Crippen LogP contribution in [0.4, 0.5) is 5.69 Å². The number of benzene rings is 2. The number of hydrogen-bond donors (Lipinski definition) is 1. The number of anilines is 1. The number of halogens is 1. The summed E-state index contributed by atoms with van der Waals surface area (Å²) in [6.07, 6.45) is 0. The van der Waals surface area contributed by atoms with Crippen LogP contribution in [0.2, 0.25) is 0 Å². The van der Waals surface area contributed by atoms with Crippen LogP contribution in [-0.2, 0) is 5.41 Å². The third-order valence-electron chi connectivity index (χ3n) is 2.92. The van der Waals surface area contributed by atoms with Gasteiger partial charge < -0.3 is 5.73 Å². The maximum absolute atomic E-state index is 6.04. The van der Waals surface area contributed by atoms with E-state index < -0.39 is 0 Å². The molecule has 2 aromatic carbocycles. The highest BCUT2D eigenvalue weighted by Crippen LogP contribution is 2.34. The van der Waals surface area contributed by atoms with Gasteiger partial charge in [-0.2, -0.15) is 0 Å². The Hall–Kier alpha value is -0.680. The van der Waals surface area contributed by atoms with E-state index in [1.54, 1.807) is 11.8 Å². The topological polar surface area (TPSA) is 26.0 Å². The molecule has 0 aliphatic rings. The molecule has 0 bridgehead atoms. The van der Waals surface area contributed by atoms with Crippen LogP contribution in [0.15, 0.2) is 52.3 Å². The quantitative estimate of drug-likeness (QED) is 0.561.